The van der Waals surface area contributed by atoms with E-state index in [4.69, 9.17) is 0 Å². The molecule has 0 aromatic carbocycles. The van der Waals surface area contributed by atoms with Crippen LogP contribution >= 0.6 is 11.3 Å². The standard InChI is InChI=1S/C8H15N3S/c1-4-8(3,5-2)10-7-11-9-6-12-7/h6H,4-5H2,1-3H3,(H,10,11). The van der Waals surface area contributed by atoms with Crippen molar-refractivity contribution >= 4 is 16.5 Å². The molecule has 1 heterocycles. The van der Waals surface area contributed by atoms with Crippen molar-refractivity contribution in [1.82, 2.24) is 10.2 Å². The predicted octanol–water partition coefficient (Wildman–Crippen LogP) is 2.53. The quantitative estimate of drug-likeness (QED) is 0.783. The molecule has 0 aliphatic carbocycles. The molecule has 0 aliphatic heterocycles. The van der Waals surface area contributed by atoms with Crippen LogP contribution in [0.1, 0.15) is 33.6 Å². The fourth-order valence-electron chi connectivity index (χ4n) is 0.912. The molecule has 3 nitrogen and oxygen atoms in total. The van der Waals surface area contributed by atoms with E-state index < -0.39 is 0 Å². The molecule has 1 aromatic rings. The van der Waals surface area contributed by atoms with Crippen molar-refractivity contribution in [3.05, 3.63) is 5.51 Å². The maximum atomic E-state index is 3.95. The van der Waals surface area contributed by atoms with Crippen LogP contribution in [0.2, 0.25) is 0 Å². The number of nitrogens with zero attached hydrogens (tertiary/aromatic N) is 2. The van der Waals surface area contributed by atoms with E-state index in [2.05, 4.69) is 36.3 Å². The van der Waals surface area contributed by atoms with Crippen molar-refractivity contribution < 1.29 is 0 Å². The molecule has 0 saturated heterocycles. The SMILES string of the molecule is CCC(C)(CC)Nc1nncs1. The van der Waals surface area contributed by atoms with Gasteiger partial charge in [-0.05, 0) is 19.8 Å². The summed E-state index contributed by atoms with van der Waals surface area (Å²) in [5, 5.41) is 12.0. The smallest absolute Gasteiger partial charge is 0.205 e. The third kappa shape index (κ3) is 2.17. The topological polar surface area (TPSA) is 37.8 Å². The van der Waals surface area contributed by atoms with E-state index >= 15 is 0 Å². The van der Waals surface area contributed by atoms with Crippen molar-refractivity contribution in [3.63, 3.8) is 0 Å². The van der Waals surface area contributed by atoms with Crippen LogP contribution in [0.25, 0.3) is 0 Å². The Balaban J connectivity index is 2.60. The van der Waals surface area contributed by atoms with Gasteiger partial charge in [-0.2, -0.15) is 0 Å². The van der Waals surface area contributed by atoms with E-state index in [1.807, 2.05) is 0 Å². The van der Waals surface area contributed by atoms with Gasteiger partial charge in [-0.3, -0.25) is 0 Å². The lowest BCUT2D eigenvalue weighted by molar-refractivity contribution is 0.478. The third-order valence-corrected chi connectivity index (χ3v) is 2.94. The number of aromatic nitrogens is 2. The lowest BCUT2D eigenvalue weighted by Gasteiger charge is -2.27. The number of hydrogen-bond donors (Lipinski definition) is 1. The molecule has 0 spiro atoms. The van der Waals surface area contributed by atoms with E-state index in [-0.39, 0.29) is 5.54 Å². The van der Waals surface area contributed by atoms with Gasteiger partial charge in [0.25, 0.3) is 0 Å². The second-order valence-electron chi connectivity index (χ2n) is 3.14. The van der Waals surface area contributed by atoms with Crippen LogP contribution in [0.5, 0.6) is 0 Å². The van der Waals surface area contributed by atoms with Crippen molar-refractivity contribution in [1.29, 1.82) is 0 Å². The first-order chi connectivity index (χ1) is 5.70. The van der Waals surface area contributed by atoms with Gasteiger partial charge >= 0.3 is 0 Å². The molecule has 12 heavy (non-hydrogen) atoms. The summed E-state index contributed by atoms with van der Waals surface area (Å²) in [4.78, 5) is 0. The van der Waals surface area contributed by atoms with Crippen LogP contribution < -0.4 is 5.32 Å². The van der Waals surface area contributed by atoms with Crippen LogP contribution in [-0.4, -0.2) is 15.7 Å². The summed E-state index contributed by atoms with van der Waals surface area (Å²) < 4.78 is 0. The van der Waals surface area contributed by atoms with E-state index in [9.17, 15) is 0 Å². The molecular weight excluding hydrogens is 170 g/mol. The Morgan fingerprint density at radius 1 is 1.50 bits per heavy atom. The molecule has 4 heteroatoms. The minimum absolute atomic E-state index is 0.166. The minimum Gasteiger partial charge on any atom is -0.355 e. The summed E-state index contributed by atoms with van der Waals surface area (Å²) in [6.45, 7) is 6.56. The minimum atomic E-state index is 0.166. The first-order valence-electron chi connectivity index (χ1n) is 4.24. The Hall–Kier alpha value is -0.640. The Morgan fingerprint density at radius 2 is 2.17 bits per heavy atom. The molecule has 1 aromatic heterocycles. The Labute approximate surface area is 77.2 Å². The van der Waals surface area contributed by atoms with Gasteiger partial charge in [0.2, 0.25) is 5.13 Å². The fourth-order valence-corrected chi connectivity index (χ4v) is 1.51. The van der Waals surface area contributed by atoms with E-state index in [1.165, 1.54) is 0 Å². The zero-order valence-corrected chi connectivity index (χ0v) is 8.61. The molecule has 0 radical (unpaired) electrons. The van der Waals surface area contributed by atoms with Crippen molar-refractivity contribution in [2.45, 2.75) is 39.2 Å². The first-order valence-corrected chi connectivity index (χ1v) is 5.12. The van der Waals surface area contributed by atoms with Crippen molar-refractivity contribution in [2.24, 2.45) is 0 Å². The number of nitrogens with one attached hydrogen (secondary N) is 1. The molecule has 0 saturated carbocycles. The van der Waals surface area contributed by atoms with Gasteiger partial charge in [-0.15, -0.1) is 10.2 Å². The summed E-state index contributed by atoms with van der Waals surface area (Å²) in [5.41, 5.74) is 1.91. The third-order valence-electron chi connectivity index (χ3n) is 2.33. The molecule has 0 fully saturated rings. The average Bonchev–Trinajstić information content (AvgIpc) is 2.57. The maximum Gasteiger partial charge on any atom is 0.205 e. The van der Waals surface area contributed by atoms with Crippen LogP contribution in [0.3, 0.4) is 0 Å². The molecule has 68 valence electrons. The highest BCUT2D eigenvalue weighted by atomic mass is 32.1. The molecule has 0 atom stereocenters. The molecule has 0 amide bonds. The van der Waals surface area contributed by atoms with Gasteiger partial charge in [-0.1, -0.05) is 25.2 Å². The monoisotopic (exact) mass is 185 g/mol. The number of anilines is 1. The first kappa shape index (κ1) is 9.45. The van der Waals surface area contributed by atoms with Crippen LogP contribution in [-0.2, 0) is 0 Å². The molecule has 0 aliphatic rings. The fraction of sp³-hybridized carbons (Fsp3) is 0.750. The molecule has 1 N–H and O–H groups in total. The molecule has 1 rings (SSSR count). The predicted molar refractivity (Wildman–Crippen MR) is 52.5 cm³/mol. The lowest BCUT2D eigenvalue weighted by atomic mass is 9.96. The summed E-state index contributed by atoms with van der Waals surface area (Å²) in [5.74, 6) is 0. The average molecular weight is 185 g/mol. The molecule has 0 unspecified atom stereocenters. The van der Waals surface area contributed by atoms with E-state index in [1.54, 1.807) is 16.8 Å². The lowest BCUT2D eigenvalue weighted by Crippen LogP contribution is -2.32. The van der Waals surface area contributed by atoms with E-state index in [0.717, 1.165) is 18.0 Å². The van der Waals surface area contributed by atoms with Gasteiger partial charge in [0, 0.05) is 5.54 Å². The number of hydrogen-bond acceptors (Lipinski definition) is 4. The highest BCUT2D eigenvalue weighted by Crippen LogP contribution is 2.21. The van der Waals surface area contributed by atoms with Crippen molar-refractivity contribution in [3.8, 4) is 0 Å². The van der Waals surface area contributed by atoms with Crippen LogP contribution in [0, 0.1) is 0 Å². The zero-order valence-electron chi connectivity index (χ0n) is 7.79. The van der Waals surface area contributed by atoms with Gasteiger partial charge in [0.05, 0.1) is 0 Å². The van der Waals surface area contributed by atoms with Gasteiger partial charge in [-0.25, -0.2) is 0 Å². The summed E-state index contributed by atoms with van der Waals surface area (Å²) >= 11 is 1.55. The number of rotatable bonds is 4. The highest BCUT2D eigenvalue weighted by molar-refractivity contribution is 7.13. The maximum absolute atomic E-state index is 3.95. The Kier molecular flexibility index (Phi) is 3.03. The molecular formula is C8H15N3S. The summed E-state index contributed by atoms with van der Waals surface area (Å²) in [6.07, 6.45) is 2.20. The van der Waals surface area contributed by atoms with Gasteiger partial charge in [0.15, 0.2) is 0 Å². The van der Waals surface area contributed by atoms with Gasteiger partial charge in [0.1, 0.15) is 5.51 Å². The Bertz CT molecular complexity index is 216. The largest absolute Gasteiger partial charge is 0.355 e. The Morgan fingerprint density at radius 3 is 2.58 bits per heavy atom. The van der Waals surface area contributed by atoms with Crippen molar-refractivity contribution in [2.75, 3.05) is 5.32 Å². The van der Waals surface area contributed by atoms with Crippen LogP contribution in [0.4, 0.5) is 5.13 Å². The normalized spacial score (nSPS) is 11.6. The summed E-state index contributed by atoms with van der Waals surface area (Å²) in [7, 11) is 0. The van der Waals surface area contributed by atoms with Gasteiger partial charge < -0.3 is 5.32 Å². The van der Waals surface area contributed by atoms with Crippen LogP contribution in [0.15, 0.2) is 5.51 Å². The highest BCUT2D eigenvalue weighted by Gasteiger charge is 2.19. The second kappa shape index (κ2) is 3.85. The zero-order chi connectivity index (χ0) is 9.03. The van der Waals surface area contributed by atoms with E-state index in [0.29, 0.717) is 0 Å². The summed E-state index contributed by atoms with van der Waals surface area (Å²) in [6, 6.07) is 0. The molecule has 0 bridgehead atoms. The second-order valence-corrected chi connectivity index (χ2v) is 3.97.